The fraction of sp³-hybridized carbons (Fsp3) is 0.462. The summed E-state index contributed by atoms with van der Waals surface area (Å²) < 4.78 is 27.8. The quantitative estimate of drug-likeness (QED) is 0.846. The van der Waals surface area contributed by atoms with E-state index in [1.165, 1.54) is 31.0 Å². The van der Waals surface area contributed by atoms with E-state index in [0.717, 1.165) is 12.2 Å². The molecule has 2 rings (SSSR count). The Balaban J connectivity index is 2.00. The van der Waals surface area contributed by atoms with Crippen LogP contribution in [0.5, 0.6) is 0 Å². The summed E-state index contributed by atoms with van der Waals surface area (Å²) in [6.07, 6.45) is 4.69. The minimum Gasteiger partial charge on any atom is -0.333 e. The van der Waals surface area contributed by atoms with Crippen molar-refractivity contribution in [2.75, 3.05) is 11.1 Å². The molecule has 1 aromatic rings. The molecule has 1 aliphatic heterocycles. The van der Waals surface area contributed by atoms with Crippen LogP contribution in [0, 0.1) is 0 Å². The Hall–Kier alpha value is -1.01. The van der Waals surface area contributed by atoms with Crippen molar-refractivity contribution in [3.8, 4) is 0 Å². The number of benzene rings is 1. The molecule has 0 amide bonds. The second-order valence-corrected chi connectivity index (χ2v) is 7.06. The van der Waals surface area contributed by atoms with Crippen LogP contribution in [0.1, 0.15) is 32.6 Å². The van der Waals surface area contributed by atoms with Crippen molar-refractivity contribution in [3.05, 3.63) is 24.3 Å². The molecule has 1 aromatic carbocycles. The van der Waals surface area contributed by atoms with Crippen LogP contribution in [0.15, 0.2) is 33.6 Å². The Morgan fingerprint density at radius 1 is 1.21 bits per heavy atom. The molecule has 0 unspecified atom stereocenters. The SMILES string of the molecule is CCCCCCSC1=NS(=O)(=O)c2ccccc2N1. The number of sulfonamides is 1. The van der Waals surface area contributed by atoms with Gasteiger partial charge in [0.1, 0.15) is 4.90 Å². The zero-order valence-corrected chi connectivity index (χ0v) is 12.6. The summed E-state index contributed by atoms with van der Waals surface area (Å²) in [6.45, 7) is 2.17. The fourth-order valence-corrected chi connectivity index (χ4v) is 4.09. The van der Waals surface area contributed by atoms with Crippen LogP contribution < -0.4 is 5.32 Å². The minimum atomic E-state index is -3.53. The van der Waals surface area contributed by atoms with Crippen LogP contribution in [-0.4, -0.2) is 19.3 Å². The zero-order valence-electron chi connectivity index (χ0n) is 10.9. The predicted molar refractivity (Wildman–Crippen MR) is 81.3 cm³/mol. The van der Waals surface area contributed by atoms with Gasteiger partial charge in [-0.25, -0.2) is 0 Å². The second kappa shape index (κ2) is 6.43. The van der Waals surface area contributed by atoms with E-state index in [2.05, 4.69) is 16.6 Å². The average Bonchev–Trinajstić information content (AvgIpc) is 2.38. The standard InChI is InChI=1S/C13H18N2O2S2/c1-2-3-4-7-10-18-13-14-11-8-5-6-9-12(11)19(16,17)15-13/h5-6,8-9H,2-4,7,10H2,1H3,(H,14,15). The molecule has 0 fully saturated rings. The number of anilines is 1. The number of rotatable bonds is 5. The van der Waals surface area contributed by atoms with Gasteiger partial charge in [0.25, 0.3) is 10.0 Å². The maximum atomic E-state index is 12.0. The van der Waals surface area contributed by atoms with Gasteiger partial charge >= 0.3 is 0 Å². The number of unbranched alkanes of at least 4 members (excludes halogenated alkanes) is 3. The Morgan fingerprint density at radius 3 is 2.79 bits per heavy atom. The van der Waals surface area contributed by atoms with Crippen molar-refractivity contribution in [3.63, 3.8) is 0 Å². The van der Waals surface area contributed by atoms with E-state index in [9.17, 15) is 8.42 Å². The van der Waals surface area contributed by atoms with Gasteiger partial charge in [0.05, 0.1) is 5.69 Å². The van der Waals surface area contributed by atoms with E-state index in [4.69, 9.17) is 0 Å². The highest BCUT2D eigenvalue weighted by Crippen LogP contribution is 2.29. The number of fused-ring (bicyclic) bond motifs is 1. The highest BCUT2D eigenvalue weighted by Gasteiger charge is 2.24. The number of nitrogens with one attached hydrogen (secondary N) is 1. The molecule has 0 spiro atoms. The first-order valence-corrected chi connectivity index (χ1v) is 8.90. The molecule has 0 aliphatic carbocycles. The lowest BCUT2D eigenvalue weighted by Gasteiger charge is -2.17. The van der Waals surface area contributed by atoms with E-state index < -0.39 is 10.0 Å². The number of hydrogen-bond acceptors (Lipinski definition) is 4. The van der Waals surface area contributed by atoms with Crippen LogP contribution in [0.25, 0.3) is 0 Å². The molecule has 1 heterocycles. The third-order valence-corrected chi connectivity index (χ3v) is 5.26. The summed E-state index contributed by atoms with van der Waals surface area (Å²) in [7, 11) is -3.53. The normalized spacial score (nSPS) is 16.4. The summed E-state index contributed by atoms with van der Waals surface area (Å²) in [5, 5.41) is 3.56. The summed E-state index contributed by atoms with van der Waals surface area (Å²) in [4.78, 5) is 0.255. The average molecular weight is 298 g/mol. The van der Waals surface area contributed by atoms with E-state index in [1.54, 1.807) is 18.2 Å². The lowest BCUT2D eigenvalue weighted by Crippen LogP contribution is -2.19. The third-order valence-electron chi connectivity index (χ3n) is 2.85. The maximum Gasteiger partial charge on any atom is 0.286 e. The lowest BCUT2D eigenvalue weighted by molar-refractivity contribution is 0.598. The third kappa shape index (κ3) is 3.73. The number of para-hydroxylation sites is 1. The molecule has 0 radical (unpaired) electrons. The Labute approximate surface area is 118 Å². The summed E-state index contributed by atoms with van der Waals surface area (Å²) in [5.41, 5.74) is 0.619. The number of hydrogen-bond donors (Lipinski definition) is 1. The molecule has 0 aromatic heterocycles. The summed E-state index contributed by atoms with van der Waals surface area (Å²) >= 11 is 1.47. The van der Waals surface area contributed by atoms with Crippen LogP contribution in [-0.2, 0) is 10.0 Å². The van der Waals surface area contributed by atoms with Crippen LogP contribution in [0.3, 0.4) is 0 Å². The van der Waals surface area contributed by atoms with Gasteiger partial charge in [-0.2, -0.15) is 8.42 Å². The smallest absolute Gasteiger partial charge is 0.286 e. The lowest BCUT2D eigenvalue weighted by atomic mass is 10.2. The van der Waals surface area contributed by atoms with Crippen LogP contribution >= 0.6 is 11.8 Å². The highest BCUT2D eigenvalue weighted by molar-refractivity contribution is 8.14. The molecule has 1 N–H and O–H groups in total. The van der Waals surface area contributed by atoms with Crippen molar-refractivity contribution in [1.82, 2.24) is 0 Å². The van der Waals surface area contributed by atoms with Gasteiger partial charge in [-0.15, -0.1) is 4.40 Å². The van der Waals surface area contributed by atoms with Crippen molar-refractivity contribution in [1.29, 1.82) is 0 Å². The molecule has 0 saturated heterocycles. The van der Waals surface area contributed by atoms with Gasteiger partial charge in [0.2, 0.25) is 0 Å². The second-order valence-electron chi connectivity index (χ2n) is 4.40. The van der Waals surface area contributed by atoms with Gasteiger partial charge in [0, 0.05) is 5.75 Å². The van der Waals surface area contributed by atoms with Crippen molar-refractivity contribution in [2.24, 2.45) is 4.40 Å². The molecule has 0 bridgehead atoms. The Morgan fingerprint density at radius 2 is 2.00 bits per heavy atom. The molecule has 0 atom stereocenters. The zero-order chi connectivity index (χ0) is 13.7. The molecular formula is C13H18N2O2S2. The van der Waals surface area contributed by atoms with E-state index in [1.807, 2.05) is 6.07 Å². The maximum absolute atomic E-state index is 12.0. The summed E-state index contributed by atoms with van der Waals surface area (Å²) in [6, 6.07) is 6.86. The molecule has 19 heavy (non-hydrogen) atoms. The first-order chi connectivity index (χ1) is 9.13. The largest absolute Gasteiger partial charge is 0.333 e. The van der Waals surface area contributed by atoms with Crippen LogP contribution in [0.2, 0.25) is 0 Å². The predicted octanol–water partition coefficient (Wildman–Crippen LogP) is 3.47. The highest BCUT2D eigenvalue weighted by atomic mass is 32.2. The van der Waals surface area contributed by atoms with E-state index in [-0.39, 0.29) is 4.90 Å². The monoisotopic (exact) mass is 298 g/mol. The minimum absolute atomic E-state index is 0.255. The first kappa shape index (κ1) is 14.4. The molecule has 4 nitrogen and oxygen atoms in total. The molecule has 6 heteroatoms. The van der Waals surface area contributed by atoms with E-state index >= 15 is 0 Å². The van der Waals surface area contributed by atoms with Gasteiger partial charge in [-0.05, 0) is 18.6 Å². The molecule has 1 aliphatic rings. The van der Waals surface area contributed by atoms with Crippen LogP contribution in [0.4, 0.5) is 5.69 Å². The Kier molecular flexibility index (Phi) is 4.87. The van der Waals surface area contributed by atoms with E-state index in [0.29, 0.717) is 10.9 Å². The Bertz CT molecular complexity index is 568. The summed E-state index contributed by atoms with van der Waals surface area (Å²) in [5.74, 6) is 0.892. The fourth-order valence-electron chi connectivity index (χ4n) is 1.85. The molecule has 104 valence electrons. The first-order valence-electron chi connectivity index (χ1n) is 6.47. The number of thioether (sulfide) groups is 1. The van der Waals surface area contributed by atoms with Crippen molar-refractivity contribution in [2.45, 2.75) is 37.5 Å². The molecular weight excluding hydrogens is 280 g/mol. The van der Waals surface area contributed by atoms with Crippen molar-refractivity contribution < 1.29 is 8.42 Å². The number of nitrogens with zero attached hydrogens (tertiary/aromatic N) is 1. The topological polar surface area (TPSA) is 58.5 Å². The molecule has 0 saturated carbocycles. The van der Waals surface area contributed by atoms with Crippen molar-refractivity contribution >= 4 is 32.6 Å². The van der Waals surface area contributed by atoms with Gasteiger partial charge in [-0.1, -0.05) is 50.1 Å². The van der Waals surface area contributed by atoms with Gasteiger partial charge < -0.3 is 5.32 Å². The van der Waals surface area contributed by atoms with Gasteiger partial charge in [-0.3, -0.25) is 0 Å². The van der Waals surface area contributed by atoms with Gasteiger partial charge in [0.15, 0.2) is 5.17 Å². The number of amidine groups is 1.